The molecule has 0 spiro atoms. The Hall–Kier alpha value is -0.0800. The molecule has 13 heavy (non-hydrogen) atoms. The lowest BCUT2D eigenvalue weighted by atomic mass is 9.92. The van der Waals surface area contributed by atoms with Gasteiger partial charge in [0, 0.05) is 0 Å². The van der Waals surface area contributed by atoms with Crippen molar-refractivity contribution in [2.45, 2.75) is 46.6 Å². The highest BCUT2D eigenvalue weighted by atomic mass is 16.3. The summed E-state index contributed by atoms with van der Waals surface area (Å²) in [6.07, 6.45) is 2.24. The largest absolute Gasteiger partial charge is 0.393 e. The molecule has 1 atom stereocenters. The SMILES string of the molecule is CC.CCN1CCC(C(C)O)CC1. The zero-order valence-electron chi connectivity index (χ0n) is 9.58. The van der Waals surface area contributed by atoms with Gasteiger partial charge in [0.25, 0.3) is 0 Å². The highest BCUT2D eigenvalue weighted by Crippen LogP contribution is 2.19. The van der Waals surface area contributed by atoms with Crippen LogP contribution in [0.15, 0.2) is 0 Å². The van der Waals surface area contributed by atoms with Crippen molar-refractivity contribution < 1.29 is 5.11 Å². The average Bonchev–Trinajstić information content (AvgIpc) is 2.21. The zero-order valence-corrected chi connectivity index (χ0v) is 9.58. The Bertz CT molecular complexity index is 107. The van der Waals surface area contributed by atoms with Crippen LogP contribution in [-0.2, 0) is 0 Å². The van der Waals surface area contributed by atoms with Gasteiger partial charge in [-0.25, -0.2) is 0 Å². The molecule has 80 valence electrons. The molecule has 2 heteroatoms. The maximum absolute atomic E-state index is 9.32. The molecule has 0 aromatic rings. The van der Waals surface area contributed by atoms with Crippen molar-refractivity contribution in [1.82, 2.24) is 4.90 Å². The summed E-state index contributed by atoms with van der Waals surface area (Å²) in [6, 6.07) is 0. The van der Waals surface area contributed by atoms with Crippen LogP contribution in [-0.4, -0.2) is 35.7 Å². The molecule has 2 nitrogen and oxygen atoms in total. The average molecular weight is 187 g/mol. The molecule has 1 rings (SSSR count). The van der Waals surface area contributed by atoms with Gasteiger partial charge in [-0.05, 0) is 45.3 Å². The highest BCUT2D eigenvalue weighted by molar-refractivity contribution is 4.74. The minimum atomic E-state index is -0.103. The van der Waals surface area contributed by atoms with E-state index in [0.717, 1.165) is 6.54 Å². The van der Waals surface area contributed by atoms with Crippen LogP contribution >= 0.6 is 0 Å². The Morgan fingerprint density at radius 3 is 2.08 bits per heavy atom. The Morgan fingerprint density at radius 2 is 1.77 bits per heavy atom. The van der Waals surface area contributed by atoms with Gasteiger partial charge in [-0.15, -0.1) is 0 Å². The summed E-state index contributed by atoms with van der Waals surface area (Å²) in [5.41, 5.74) is 0. The number of likely N-dealkylation sites (tertiary alicyclic amines) is 1. The van der Waals surface area contributed by atoms with Gasteiger partial charge in [-0.2, -0.15) is 0 Å². The van der Waals surface area contributed by atoms with E-state index in [1.165, 1.54) is 25.9 Å². The monoisotopic (exact) mass is 187 g/mol. The maximum Gasteiger partial charge on any atom is 0.0541 e. The van der Waals surface area contributed by atoms with Crippen LogP contribution in [0.4, 0.5) is 0 Å². The third-order valence-electron chi connectivity index (χ3n) is 2.76. The molecule has 0 bridgehead atoms. The summed E-state index contributed by atoms with van der Waals surface area (Å²) < 4.78 is 0. The third kappa shape index (κ3) is 4.63. The van der Waals surface area contributed by atoms with E-state index in [9.17, 15) is 5.11 Å². The number of aliphatic hydroxyl groups is 1. The number of nitrogens with zero attached hydrogens (tertiary/aromatic N) is 1. The molecule has 1 fully saturated rings. The molecule has 0 aliphatic carbocycles. The van der Waals surface area contributed by atoms with Gasteiger partial charge in [-0.1, -0.05) is 20.8 Å². The van der Waals surface area contributed by atoms with Crippen LogP contribution in [0.5, 0.6) is 0 Å². The Labute approximate surface area is 82.9 Å². The second kappa shape index (κ2) is 7.34. The Kier molecular flexibility index (Phi) is 7.29. The van der Waals surface area contributed by atoms with E-state index in [4.69, 9.17) is 0 Å². The van der Waals surface area contributed by atoms with Gasteiger partial charge in [0.15, 0.2) is 0 Å². The fraction of sp³-hybridized carbons (Fsp3) is 1.00. The van der Waals surface area contributed by atoms with E-state index >= 15 is 0 Å². The van der Waals surface area contributed by atoms with E-state index in [1.54, 1.807) is 0 Å². The molecular weight excluding hydrogens is 162 g/mol. The van der Waals surface area contributed by atoms with Crippen molar-refractivity contribution in [3.8, 4) is 0 Å². The molecule has 1 heterocycles. The van der Waals surface area contributed by atoms with Crippen molar-refractivity contribution in [3.63, 3.8) is 0 Å². The Morgan fingerprint density at radius 1 is 1.31 bits per heavy atom. The standard InChI is InChI=1S/C9H19NO.C2H6/c1-3-10-6-4-9(5-7-10)8(2)11;1-2/h8-9,11H,3-7H2,1-2H3;1-2H3. The van der Waals surface area contributed by atoms with Gasteiger partial charge in [0.05, 0.1) is 6.10 Å². The lowest BCUT2D eigenvalue weighted by molar-refractivity contribution is 0.0737. The first-order valence-electron chi connectivity index (χ1n) is 5.64. The maximum atomic E-state index is 9.32. The molecule has 1 aliphatic rings. The number of hydrogen-bond donors (Lipinski definition) is 1. The van der Waals surface area contributed by atoms with Crippen molar-refractivity contribution in [1.29, 1.82) is 0 Å². The fourth-order valence-corrected chi connectivity index (χ4v) is 1.75. The van der Waals surface area contributed by atoms with Crippen LogP contribution in [0.3, 0.4) is 0 Å². The van der Waals surface area contributed by atoms with E-state index in [0.29, 0.717) is 5.92 Å². The fourth-order valence-electron chi connectivity index (χ4n) is 1.75. The minimum Gasteiger partial charge on any atom is -0.393 e. The van der Waals surface area contributed by atoms with E-state index in [1.807, 2.05) is 20.8 Å². The van der Waals surface area contributed by atoms with Crippen LogP contribution in [0.2, 0.25) is 0 Å². The van der Waals surface area contributed by atoms with Crippen molar-refractivity contribution in [2.24, 2.45) is 5.92 Å². The number of aliphatic hydroxyl groups excluding tert-OH is 1. The first kappa shape index (κ1) is 12.9. The molecule has 1 unspecified atom stereocenters. The van der Waals surface area contributed by atoms with E-state index < -0.39 is 0 Å². The second-order valence-corrected chi connectivity index (χ2v) is 3.51. The molecule has 0 radical (unpaired) electrons. The zero-order chi connectivity index (χ0) is 10.3. The molecular formula is C11H25NO. The number of rotatable bonds is 2. The van der Waals surface area contributed by atoms with Crippen LogP contribution in [0.1, 0.15) is 40.5 Å². The third-order valence-corrected chi connectivity index (χ3v) is 2.76. The normalized spacial score (nSPS) is 21.9. The van der Waals surface area contributed by atoms with Gasteiger partial charge < -0.3 is 10.0 Å². The van der Waals surface area contributed by atoms with Gasteiger partial charge in [-0.3, -0.25) is 0 Å². The minimum absolute atomic E-state index is 0.103. The molecule has 1 aliphatic heterocycles. The number of piperidine rings is 1. The second-order valence-electron chi connectivity index (χ2n) is 3.51. The molecule has 0 amide bonds. The molecule has 0 aromatic carbocycles. The Balaban J connectivity index is 0.000000671. The van der Waals surface area contributed by atoms with Crippen molar-refractivity contribution in [2.75, 3.05) is 19.6 Å². The topological polar surface area (TPSA) is 23.5 Å². The lowest BCUT2D eigenvalue weighted by Crippen LogP contribution is -2.36. The van der Waals surface area contributed by atoms with Crippen LogP contribution in [0.25, 0.3) is 0 Å². The summed E-state index contributed by atoms with van der Waals surface area (Å²) in [6.45, 7) is 11.6. The van der Waals surface area contributed by atoms with E-state index in [2.05, 4.69) is 11.8 Å². The summed E-state index contributed by atoms with van der Waals surface area (Å²) in [5, 5.41) is 9.32. The summed E-state index contributed by atoms with van der Waals surface area (Å²) in [4.78, 5) is 2.44. The lowest BCUT2D eigenvalue weighted by Gasteiger charge is -2.32. The van der Waals surface area contributed by atoms with E-state index in [-0.39, 0.29) is 6.10 Å². The number of hydrogen-bond acceptors (Lipinski definition) is 2. The van der Waals surface area contributed by atoms with Gasteiger partial charge in [0.1, 0.15) is 0 Å². The van der Waals surface area contributed by atoms with Gasteiger partial charge >= 0.3 is 0 Å². The first-order valence-corrected chi connectivity index (χ1v) is 5.64. The van der Waals surface area contributed by atoms with Crippen molar-refractivity contribution in [3.05, 3.63) is 0 Å². The summed E-state index contributed by atoms with van der Waals surface area (Å²) in [7, 11) is 0. The predicted molar refractivity (Wildman–Crippen MR) is 57.9 cm³/mol. The summed E-state index contributed by atoms with van der Waals surface area (Å²) in [5.74, 6) is 0.554. The van der Waals surface area contributed by atoms with Crippen molar-refractivity contribution >= 4 is 0 Å². The molecule has 1 saturated heterocycles. The quantitative estimate of drug-likeness (QED) is 0.716. The highest BCUT2D eigenvalue weighted by Gasteiger charge is 2.21. The first-order chi connectivity index (χ1) is 6.24. The molecule has 0 aromatic heterocycles. The van der Waals surface area contributed by atoms with Crippen LogP contribution < -0.4 is 0 Å². The van der Waals surface area contributed by atoms with Gasteiger partial charge in [0.2, 0.25) is 0 Å². The van der Waals surface area contributed by atoms with Crippen LogP contribution in [0, 0.1) is 5.92 Å². The predicted octanol–water partition coefficient (Wildman–Crippen LogP) is 2.13. The smallest absolute Gasteiger partial charge is 0.0541 e. The molecule has 1 N–H and O–H groups in total. The summed E-state index contributed by atoms with van der Waals surface area (Å²) >= 11 is 0. The molecule has 0 saturated carbocycles.